The molecule has 5 amide bonds. The largest absolute Gasteiger partial charge is 0.496 e. The van der Waals surface area contributed by atoms with Gasteiger partial charge in [-0.2, -0.15) is 0 Å². The molecule has 18 heteroatoms. The summed E-state index contributed by atoms with van der Waals surface area (Å²) in [6, 6.07) is 3.09. The molecule has 0 bridgehead atoms. The van der Waals surface area contributed by atoms with E-state index in [9.17, 15) is 32.7 Å². The molecule has 0 radical (unpaired) electrons. The van der Waals surface area contributed by atoms with Crippen molar-refractivity contribution in [3.8, 4) is 22.2 Å². The first-order valence-electron chi connectivity index (χ1n) is 22.3. The van der Waals surface area contributed by atoms with Crippen molar-refractivity contribution in [1.29, 1.82) is 0 Å². The van der Waals surface area contributed by atoms with E-state index in [1.165, 1.54) is 16.2 Å². The van der Waals surface area contributed by atoms with Gasteiger partial charge in [0.25, 0.3) is 5.91 Å². The number of likely N-dealkylation sites (tertiary alicyclic amines) is 1. The number of rotatable bonds is 10. The Labute approximate surface area is 372 Å². The topological polar surface area (TPSA) is 209 Å². The van der Waals surface area contributed by atoms with E-state index in [-0.39, 0.29) is 43.9 Å². The maximum absolute atomic E-state index is 14.9. The highest BCUT2D eigenvalue weighted by atomic mass is 32.2. The van der Waals surface area contributed by atoms with Crippen LogP contribution in [-0.2, 0) is 24.4 Å². The summed E-state index contributed by atoms with van der Waals surface area (Å²) >= 11 is 1.48. The Morgan fingerprint density at radius 3 is 2.54 bits per heavy atom. The number of aliphatic hydroxyl groups excluding tert-OH is 1. The number of methoxy groups -OCH3 is 1. The number of hydrogen-bond donors (Lipinski definition) is 4. The molecule has 2 saturated carbocycles. The Kier molecular flexibility index (Phi) is 13.0. The number of urea groups is 1. The Morgan fingerprint density at radius 1 is 1.06 bits per heavy atom. The predicted molar refractivity (Wildman–Crippen MR) is 238 cm³/mol. The average molecular weight is 906 g/mol. The highest BCUT2D eigenvalue weighted by Crippen LogP contribution is 2.46. The van der Waals surface area contributed by atoms with Crippen molar-refractivity contribution >= 4 is 56.0 Å². The zero-order valence-corrected chi connectivity index (χ0v) is 38.1. The van der Waals surface area contributed by atoms with Crippen LogP contribution in [0.3, 0.4) is 0 Å². The minimum atomic E-state index is -3.92. The third-order valence-electron chi connectivity index (χ3n) is 13.3. The first kappa shape index (κ1) is 44.8. The van der Waals surface area contributed by atoms with E-state index in [1.54, 1.807) is 12.0 Å². The lowest BCUT2D eigenvalue weighted by Gasteiger charge is -2.34. The molecule has 16 nitrogen and oxygen atoms in total. The van der Waals surface area contributed by atoms with E-state index in [4.69, 9.17) is 19.4 Å². The molecule has 5 atom stereocenters. The zero-order chi connectivity index (χ0) is 44.6. The van der Waals surface area contributed by atoms with E-state index >= 15 is 0 Å². The van der Waals surface area contributed by atoms with Crippen LogP contribution in [0, 0.1) is 18.8 Å². The van der Waals surface area contributed by atoms with Crippen molar-refractivity contribution in [3.63, 3.8) is 0 Å². The fourth-order valence-electron chi connectivity index (χ4n) is 9.06. The van der Waals surface area contributed by atoms with Crippen LogP contribution in [-0.4, -0.2) is 119 Å². The molecule has 0 unspecified atom stereocenters. The summed E-state index contributed by atoms with van der Waals surface area (Å²) in [4.78, 5) is 70.4. The quantitative estimate of drug-likeness (QED) is 0.201. The minimum absolute atomic E-state index is 0.00714. The molecule has 3 aliphatic heterocycles. The molecule has 8 rings (SSSR count). The number of thiazole rings is 1. The number of ether oxygens (including phenoxy) is 2. The summed E-state index contributed by atoms with van der Waals surface area (Å²) in [6.07, 6.45) is 8.88. The number of aliphatic hydroxyl groups is 1. The molecule has 5 heterocycles. The Hall–Kier alpha value is -4.81. The third-order valence-corrected chi connectivity index (χ3v) is 16.0. The average Bonchev–Trinajstić information content (AvgIpc) is 4.14. The number of sulfonamides is 1. The van der Waals surface area contributed by atoms with E-state index in [2.05, 4.69) is 29.2 Å². The van der Waals surface area contributed by atoms with Crippen molar-refractivity contribution < 1.29 is 42.2 Å². The number of hydrogen-bond acceptors (Lipinski definition) is 12. The standard InChI is InChI=1S/C45H59N7O9S2/c1-26(2)35-25-62-41(47-35)34-21-38(32-14-15-37(60-4)27(3)39(32)46-34)61-30-20-36-40(54)49-45(43(56)50-63(58,59)31-12-13-31)22-29(45)10-8-6-5-7-9-11-33(42(55)52(36)23-30)48-44(57)51-18-16-28(24-53)17-19-51/h8,10,14-15,21,25-26,28-31,33,36,53H,5-7,9,11-13,16-20,22-24H2,1-4H3,(H,48,57)(H,49,54)(H,50,56)/b10-8+/t29-,30-,33+,36+,45-/m1/s1. The van der Waals surface area contributed by atoms with Crippen LogP contribution in [0.25, 0.3) is 21.6 Å². The Balaban J connectivity index is 1.13. The normalized spacial score (nSPS) is 26.6. The molecule has 2 saturated heterocycles. The molecular formula is C45H59N7O9S2. The number of carbonyl (C=O) groups excluding carboxylic acids is 4. The molecular weight excluding hydrogens is 847 g/mol. The van der Waals surface area contributed by atoms with Gasteiger partial charge in [0.2, 0.25) is 21.8 Å². The van der Waals surface area contributed by atoms with E-state index in [0.717, 1.165) is 24.1 Å². The van der Waals surface area contributed by atoms with Gasteiger partial charge in [0.15, 0.2) is 0 Å². The number of aryl methyl sites for hydroxylation is 1. The molecule has 340 valence electrons. The lowest BCUT2D eigenvalue weighted by atomic mass is 9.98. The van der Waals surface area contributed by atoms with Crippen LogP contribution < -0.4 is 24.8 Å². The van der Waals surface area contributed by atoms with Crippen molar-refractivity contribution in [3.05, 3.63) is 47.0 Å². The molecule has 3 aromatic rings. The number of pyridine rings is 1. The molecule has 2 aromatic heterocycles. The van der Waals surface area contributed by atoms with Gasteiger partial charge in [0.1, 0.15) is 45.9 Å². The number of fused-ring (bicyclic) bond motifs is 3. The summed E-state index contributed by atoms with van der Waals surface area (Å²) in [5.74, 6) is -0.825. The molecule has 1 aromatic carbocycles. The predicted octanol–water partition coefficient (Wildman–Crippen LogP) is 4.93. The molecule has 4 N–H and O–H groups in total. The second kappa shape index (κ2) is 18.4. The molecule has 2 aliphatic carbocycles. The molecule has 0 spiro atoms. The first-order valence-corrected chi connectivity index (χ1v) is 24.8. The van der Waals surface area contributed by atoms with E-state index in [0.29, 0.717) is 91.1 Å². The zero-order valence-electron chi connectivity index (χ0n) is 36.4. The molecule has 63 heavy (non-hydrogen) atoms. The van der Waals surface area contributed by atoms with E-state index in [1.807, 2.05) is 42.7 Å². The van der Waals surface area contributed by atoms with Crippen LogP contribution in [0.1, 0.15) is 102 Å². The summed E-state index contributed by atoms with van der Waals surface area (Å²) < 4.78 is 40.8. The Bertz CT molecular complexity index is 2380. The second-order valence-corrected chi connectivity index (χ2v) is 21.0. The van der Waals surface area contributed by atoms with Gasteiger partial charge in [-0.15, -0.1) is 11.3 Å². The number of nitrogens with one attached hydrogen (secondary N) is 3. The number of benzene rings is 1. The van der Waals surface area contributed by atoms with Gasteiger partial charge in [-0.05, 0) is 82.3 Å². The fraction of sp³-hybridized carbons (Fsp3) is 0.600. The van der Waals surface area contributed by atoms with Crippen molar-refractivity contribution in [2.24, 2.45) is 11.8 Å². The Morgan fingerprint density at radius 2 is 1.84 bits per heavy atom. The maximum atomic E-state index is 14.9. The highest BCUT2D eigenvalue weighted by Gasteiger charge is 2.62. The van der Waals surface area contributed by atoms with Crippen LogP contribution in [0.15, 0.2) is 35.7 Å². The smallest absolute Gasteiger partial charge is 0.318 e. The van der Waals surface area contributed by atoms with Gasteiger partial charge in [-0.25, -0.2) is 23.2 Å². The van der Waals surface area contributed by atoms with Crippen LogP contribution >= 0.6 is 11.3 Å². The minimum Gasteiger partial charge on any atom is -0.496 e. The van der Waals surface area contributed by atoms with Crippen LogP contribution in [0.5, 0.6) is 11.5 Å². The lowest BCUT2D eigenvalue weighted by molar-refractivity contribution is -0.141. The number of piperidine rings is 1. The van der Waals surface area contributed by atoms with Gasteiger partial charge in [-0.1, -0.05) is 38.8 Å². The fourth-order valence-corrected chi connectivity index (χ4v) is 11.4. The van der Waals surface area contributed by atoms with Gasteiger partial charge in [0.05, 0.1) is 30.1 Å². The molecule has 5 aliphatic rings. The summed E-state index contributed by atoms with van der Waals surface area (Å²) in [5.41, 5.74) is 1.47. The highest BCUT2D eigenvalue weighted by molar-refractivity contribution is 7.91. The SMILES string of the molecule is COc1ccc2c(O[C@@H]3C[C@H]4C(=O)N[C@]5(C(=O)NS(=O)(=O)C6CC6)C[C@H]5/C=C/CCCCC[C@H](NC(=O)N5CCC(CO)CC5)C(=O)N4C3)cc(-c3nc(C(C)C)cs3)nc2c1C. The van der Waals surface area contributed by atoms with Crippen molar-refractivity contribution in [2.45, 2.75) is 126 Å². The van der Waals surface area contributed by atoms with Gasteiger partial charge in [-0.3, -0.25) is 19.1 Å². The number of amides is 5. The van der Waals surface area contributed by atoms with Crippen LogP contribution in [0.2, 0.25) is 0 Å². The number of nitrogens with zero attached hydrogens (tertiary/aromatic N) is 4. The first-order chi connectivity index (χ1) is 30.2. The lowest BCUT2D eigenvalue weighted by Crippen LogP contribution is -2.59. The summed E-state index contributed by atoms with van der Waals surface area (Å²) in [6.45, 7) is 7.02. The van der Waals surface area contributed by atoms with Gasteiger partial charge in [0, 0.05) is 54.4 Å². The maximum Gasteiger partial charge on any atom is 0.318 e. The summed E-state index contributed by atoms with van der Waals surface area (Å²) in [5, 5.41) is 18.4. The second-order valence-electron chi connectivity index (χ2n) is 18.1. The van der Waals surface area contributed by atoms with Gasteiger partial charge >= 0.3 is 6.03 Å². The monoisotopic (exact) mass is 905 g/mol. The van der Waals surface area contributed by atoms with Crippen molar-refractivity contribution in [2.75, 3.05) is 33.4 Å². The number of carbonyl (C=O) groups is 4. The molecule has 4 fully saturated rings. The number of allylic oxidation sites excluding steroid dienone is 1. The van der Waals surface area contributed by atoms with Crippen molar-refractivity contribution in [1.82, 2.24) is 35.1 Å². The van der Waals surface area contributed by atoms with Crippen LogP contribution in [0.4, 0.5) is 4.79 Å². The third kappa shape index (κ3) is 9.53. The number of aromatic nitrogens is 2. The van der Waals surface area contributed by atoms with Gasteiger partial charge < -0.3 is 35.0 Å². The van der Waals surface area contributed by atoms with E-state index < -0.39 is 62.6 Å². The summed E-state index contributed by atoms with van der Waals surface area (Å²) in [7, 11) is -2.32.